The van der Waals surface area contributed by atoms with E-state index in [0.717, 1.165) is 12.8 Å². The van der Waals surface area contributed by atoms with Gasteiger partial charge in [0, 0.05) is 0 Å². The van der Waals surface area contributed by atoms with E-state index >= 15 is 0 Å². The van der Waals surface area contributed by atoms with Crippen molar-refractivity contribution in [3.63, 3.8) is 0 Å². The molecule has 0 amide bonds. The zero-order chi connectivity index (χ0) is 7.28. The molecule has 0 rings (SSSR count). The van der Waals surface area contributed by atoms with E-state index in [1.165, 1.54) is 0 Å². The van der Waals surface area contributed by atoms with Crippen LogP contribution in [-0.4, -0.2) is 22.9 Å². The SMILES string of the molecule is CCC(CC)C(O)CO. The van der Waals surface area contributed by atoms with E-state index < -0.39 is 6.10 Å². The Balaban J connectivity index is 3.50. The zero-order valence-electron chi connectivity index (χ0n) is 6.17. The second-order valence-corrected chi connectivity index (χ2v) is 2.33. The Morgan fingerprint density at radius 2 is 1.67 bits per heavy atom. The Kier molecular flexibility index (Phi) is 4.72. The molecule has 0 aromatic rings. The molecular formula is C7H16O2. The molecule has 2 nitrogen and oxygen atoms in total. The number of aliphatic hydroxyl groups excluding tert-OH is 2. The van der Waals surface area contributed by atoms with E-state index in [0.29, 0.717) is 0 Å². The van der Waals surface area contributed by atoms with Gasteiger partial charge in [-0.05, 0) is 5.92 Å². The first-order valence-electron chi connectivity index (χ1n) is 3.55. The topological polar surface area (TPSA) is 40.5 Å². The lowest BCUT2D eigenvalue weighted by molar-refractivity contribution is 0.0440. The molecule has 9 heavy (non-hydrogen) atoms. The van der Waals surface area contributed by atoms with Gasteiger partial charge in [0.15, 0.2) is 0 Å². The van der Waals surface area contributed by atoms with Gasteiger partial charge in [-0.25, -0.2) is 0 Å². The summed E-state index contributed by atoms with van der Waals surface area (Å²) < 4.78 is 0. The summed E-state index contributed by atoms with van der Waals surface area (Å²) in [6.07, 6.45) is 1.37. The first-order chi connectivity index (χ1) is 4.26. The third-order valence-corrected chi connectivity index (χ3v) is 1.78. The molecule has 2 heteroatoms. The third-order valence-electron chi connectivity index (χ3n) is 1.78. The average molecular weight is 132 g/mol. The molecule has 56 valence electrons. The molecular weight excluding hydrogens is 116 g/mol. The fraction of sp³-hybridized carbons (Fsp3) is 1.00. The summed E-state index contributed by atoms with van der Waals surface area (Å²) in [7, 11) is 0. The Bertz CT molecular complexity index is 59.9. The molecule has 0 saturated heterocycles. The maximum absolute atomic E-state index is 9.07. The molecule has 0 bridgehead atoms. The largest absolute Gasteiger partial charge is 0.394 e. The summed E-state index contributed by atoms with van der Waals surface area (Å²) in [5.74, 6) is 0.273. The molecule has 0 spiro atoms. The van der Waals surface area contributed by atoms with Crippen LogP contribution in [0.5, 0.6) is 0 Å². The standard InChI is InChI=1S/C7H16O2/c1-3-6(4-2)7(9)5-8/h6-9H,3-5H2,1-2H3. The van der Waals surface area contributed by atoms with Crippen LogP contribution in [0.4, 0.5) is 0 Å². The van der Waals surface area contributed by atoms with Crippen LogP contribution < -0.4 is 0 Å². The van der Waals surface area contributed by atoms with E-state index in [-0.39, 0.29) is 12.5 Å². The summed E-state index contributed by atoms with van der Waals surface area (Å²) in [5.41, 5.74) is 0. The minimum atomic E-state index is -0.514. The highest BCUT2D eigenvalue weighted by molar-refractivity contribution is 4.63. The van der Waals surface area contributed by atoms with Crippen LogP contribution in [0, 0.1) is 5.92 Å². The van der Waals surface area contributed by atoms with Crippen molar-refractivity contribution < 1.29 is 10.2 Å². The predicted octanol–water partition coefficient (Wildman–Crippen LogP) is 0.776. The van der Waals surface area contributed by atoms with Crippen molar-refractivity contribution in [1.82, 2.24) is 0 Å². The van der Waals surface area contributed by atoms with E-state index in [2.05, 4.69) is 0 Å². The predicted molar refractivity (Wildman–Crippen MR) is 37.2 cm³/mol. The van der Waals surface area contributed by atoms with Gasteiger partial charge >= 0.3 is 0 Å². The van der Waals surface area contributed by atoms with Crippen molar-refractivity contribution in [2.24, 2.45) is 5.92 Å². The summed E-state index contributed by atoms with van der Waals surface area (Å²) in [6, 6.07) is 0. The van der Waals surface area contributed by atoms with Crippen LogP contribution in [-0.2, 0) is 0 Å². The molecule has 0 fully saturated rings. The fourth-order valence-corrected chi connectivity index (χ4v) is 0.982. The number of hydrogen-bond acceptors (Lipinski definition) is 2. The highest BCUT2D eigenvalue weighted by Crippen LogP contribution is 2.11. The van der Waals surface area contributed by atoms with Crippen LogP contribution in [0.25, 0.3) is 0 Å². The summed E-state index contributed by atoms with van der Waals surface area (Å²) in [4.78, 5) is 0. The highest BCUT2D eigenvalue weighted by atomic mass is 16.3. The van der Waals surface area contributed by atoms with E-state index in [4.69, 9.17) is 10.2 Å². The van der Waals surface area contributed by atoms with Crippen molar-refractivity contribution in [3.05, 3.63) is 0 Å². The maximum atomic E-state index is 9.07. The summed E-state index contributed by atoms with van der Waals surface area (Å²) in [5, 5.41) is 17.6. The van der Waals surface area contributed by atoms with Crippen molar-refractivity contribution in [2.45, 2.75) is 32.8 Å². The minimum Gasteiger partial charge on any atom is -0.394 e. The van der Waals surface area contributed by atoms with Crippen LogP contribution in [0.3, 0.4) is 0 Å². The van der Waals surface area contributed by atoms with Gasteiger partial charge in [0.05, 0.1) is 12.7 Å². The maximum Gasteiger partial charge on any atom is 0.0798 e. The van der Waals surface area contributed by atoms with Crippen LogP contribution in [0.2, 0.25) is 0 Å². The van der Waals surface area contributed by atoms with Gasteiger partial charge in [0.25, 0.3) is 0 Å². The number of rotatable bonds is 4. The summed E-state index contributed by atoms with van der Waals surface area (Å²) in [6.45, 7) is 3.94. The Morgan fingerprint density at radius 1 is 1.22 bits per heavy atom. The van der Waals surface area contributed by atoms with Gasteiger partial charge in [-0.3, -0.25) is 0 Å². The second kappa shape index (κ2) is 4.77. The van der Waals surface area contributed by atoms with E-state index in [1.54, 1.807) is 0 Å². The third kappa shape index (κ3) is 2.82. The molecule has 0 radical (unpaired) electrons. The average Bonchev–Trinajstić information content (AvgIpc) is 1.90. The molecule has 0 aromatic heterocycles. The minimum absolute atomic E-state index is 0.105. The van der Waals surface area contributed by atoms with Gasteiger partial charge in [-0.2, -0.15) is 0 Å². The van der Waals surface area contributed by atoms with E-state index in [1.807, 2.05) is 13.8 Å². The van der Waals surface area contributed by atoms with Gasteiger partial charge in [-0.15, -0.1) is 0 Å². The second-order valence-electron chi connectivity index (χ2n) is 2.33. The molecule has 1 atom stereocenters. The van der Waals surface area contributed by atoms with Crippen molar-refractivity contribution in [1.29, 1.82) is 0 Å². The lowest BCUT2D eigenvalue weighted by Gasteiger charge is -2.16. The summed E-state index contributed by atoms with van der Waals surface area (Å²) >= 11 is 0. The molecule has 1 unspecified atom stereocenters. The van der Waals surface area contributed by atoms with Gasteiger partial charge in [0.1, 0.15) is 0 Å². The Hall–Kier alpha value is -0.0800. The monoisotopic (exact) mass is 132 g/mol. The quantitative estimate of drug-likeness (QED) is 0.593. The van der Waals surface area contributed by atoms with E-state index in [9.17, 15) is 0 Å². The van der Waals surface area contributed by atoms with Crippen LogP contribution in [0.15, 0.2) is 0 Å². The molecule has 0 aliphatic carbocycles. The zero-order valence-corrected chi connectivity index (χ0v) is 6.17. The lowest BCUT2D eigenvalue weighted by atomic mass is 9.97. The molecule has 0 heterocycles. The molecule has 0 aliphatic rings. The molecule has 2 N–H and O–H groups in total. The fourth-order valence-electron chi connectivity index (χ4n) is 0.982. The highest BCUT2D eigenvalue weighted by Gasteiger charge is 2.12. The van der Waals surface area contributed by atoms with Crippen LogP contribution in [0.1, 0.15) is 26.7 Å². The molecule has 0 aromatic carbocycles. The lowest BCUT2D eigenvalue weighted by Crippen LogP contribution is -2.22. The van der Waals surface area contributed by atoms with Gasteiger partial charge in [-0.1, -0.05) is 26.7 Å². The molecule has 0 saturated carbocycles. The van der Waals surface area contributed by atoms with Crippen molar-refractivity contribution >= 4 is 0 Å². The Morgan fingerprint density at radius 3 is 1.78 bits per heavy atom. The first-order valence-corrected chi connectivity index (χ1v) is 3.55. The van der Waals surface area contributed by atoms with Crippen molar-refractivity contribution in [3.8, 4) is 0 Å². The normalized spacial score (nSPS) is 14.3. The molecule has 0 aliphatic heterocycles. The Labute approximate surface area is 56.5 Å². The first kappa shape index (κ1) is 8.92. The smallest absolute Gasteiger partial charge is 0.0798 e. The number of hydrogen-bond donors (Lipinski definition) is 2. The van der Waals surface area contributed by atoms with Gasteiger partial charge in [0.2, 0.25) is 0 Å². The number of aliphatic hydroxyl groups is 2. The van der Waals surface area contributed by atoms with Crippen molar-refractivity contribution in [2.75, 3.05) is 6.61 Å². The van der Waals surface area contributed by atoms with Crippen LogP contribution >= 0.6 is 0 Å². The van der Waals surface area contributed by atoms with Gasteiger partial charge < -0.3 is 10.2 Å².